The first-order chi connectivity index (χ1) is 6.18. The lowest BCUT2D eigenvalue weighted by Crippen LogP contribution is -2.46. The fraction of sp³-hybridized carbons (Fsp3) is 1.00. The minimum Gasteiger partial charge on any atom is -0.330 e. The number of nitrogens with one attached hydrogen (secondary N) is 1. The van der Waals surface area contributed by atoms with Gasteiger partial charge in [0.15, 0.2) is 0 Å². The van der Waals surface area contributed by atoms with E-state index < -0.39 is 15.6 Å². The van der Waals surface area contributed by atoms with Crippen LogP contribution in [0.25, 0.3) is 0 Å². The Morgan fingerprint density at radius 1 is 1.36 bits per heavy atom. The number of hydrogen-bond donors (Lipinski definition) is 2. The van der Waals surface area contributed by atoms with Gasteiger partial charge in [0, 0.05) is 5.54 Å². The van der Waals surface area contributed by atoms with Gasteiger partial charge in [-0.25, -0.2) is 13.1 Å². The van der Waals surface area contributed by atoms with Gasteiger partial charge in [0.05, 0.1) is 5.75 Å². The molecule has 0 rings (SSSR count). The fourth-order valence-electron chi connectivity index (χ4n) is 1.31. The van der Waals surface area contributed by atoms with Gasteiger partial charge in [-0.05, 0) is 32.7 Å². The van der Waals surface area contributed by atoms with Crippen molar-refractivity contribution in [3.05, 3.63) is 0 Å². The average Bonchev–Trinajstić information content (AvgIpc) is 1.78. The van der Waals surface area contributed by atoms with Crippen molar-refractivity contribution < 1.29 is 8.42 Å². The van der Waals surface area contributed by atoms with Crippen molar-refractivity contribution in [2.24, 2.45) is 11.7 Å². The Bertz CT molecular complexity index is 258. The molecule has 0 radical (unpaired) electrons. The maximum Gasteiger partial charge on any atom is 0.212 e. The molecule has 86 valence electrons. The minimum atomic E-state index is -3.17. The zero-order chi connectivity index (χ0) is 11.4. The number of rotatable bonds is 6. The van der Waals surface area contributed by atoms with E-state index in [0.717, 1.165) is 0 Å². The Morgan fingerprint density at radius 3 is 2.21 bits per heavy atom. The van der Waals surface area contributed by atoms with Crippen molar-refractivity contribution in [2.75, 3.05) is 12.3 Å². The van der Waals surface area contributed by atoms with Crippen LogP contribution in [0.15, 0.2) is 0 Å². The molecule has 0 aliphatic carbocycles. The Morgan fingerprint density at radius 2 is 1.86 bits per heavy atom. The molecule has 0 aliphatic rings. The molecular weight excluding hydrogens is 200 g/mol. The van der Waals surface area contributed by atoms with Crippen LogP contribution in [0, 0.1) is 5.92 Å². The first-order valence-corrected chi connectivity index (χ1v) is 6.55. The van der Waals surface area contributed by atoms with Crippen molar-refractivity contribution in [1.29, 1.82) is 0 Å². The molecule has 0 unspecified atom stereocenters. The highest BCUT2D eigenvalue weighted by Crippen LogP contribution is 2.10. The second-order valence-electron chi connectivity index (χ2n) is 4.70. The van der Waals surface area contributed by atoms with E-state index in [0.29, 0.717) is 13.0 Å². The predicted molar refractivity (Wildman–Crippen MR) is 59.5 cm³/mol. The van der Waals surface area contributed by atoms with Gasteiger partial charge in [-0.3, -0.25) is 0 Å². The summed E-state index contributed by atoms with van der Waals surface area (Å²) in [4.78, 5) is 0. The smallest absolute Gasteiger partial charge is 0.212 e. The molecule has 0 fully saturated rings. The summed E-state index contributed by atoms with van der Waals surface area (Å²) in [6.07, 6.45) is 0.643. The van der Waals surface area contributed by atoms with E-state index in [1.807, 2.05) is 27.7 Å². The molecule has 0 aromatic heterocycles. The zero-order valence-corrected chi connectivity index (χ0v) is 10.3. The largest absolute Gasteiger partial charge is 0.330 e. The number of hydrogen-bond acceptors (Lipinski definition) is 3. The molecule has 0 aromatic carbocycles. The third-order valence-electron chi connectivity index (χ3n) is 1.75. The van der Waals surface area contributed by atoms with Crippen molar-refractivity contribution in [3.63, 3.8) is 0 Å². The van der Waals surface area contributed by atoms with Crippen LogP contribution < -0.4 is 10.5 Å². The molecule has 4 nitrogen and oxygen atoms in total. The lowest BCUT2D eigenvalue weighted by atomic mass is 10.0. The van der Waals surface area contributed by atoms with Gasteiger partial charge in [-0.2, -0.15) is 0 Å². The molecular formula is C9H22N2O2S. The monoisotopic (exact) mass is 222 g/mol. The van der Waals surface area contributed by atoms with E-state index in [1.165, 1.54) is 0 Å². The standard InChI is InChI=1S/C9H22N2O2S/c1-8(2)7-14(12,13)11-9(3,4)5-6-10/h8,11H,5-7,10H2,1-4H3. The predicted octanol–water partition coefficient (Wildman–Crippen LogP) is 0.689. The van der Waals surface area contributed by atoms with Gasteiger partial charge in [-0.1, -0.05) is 13.8 Å². The van der Waals surface area contributed by atoms with Crippen LogP contribution in [0.1, 0.15) is 34.1 Å². The molecule has 0 aliphatic heterocycles. The summed E-state index contributed by atoms with van der Waals surface area (Å²) in [5.41, 5.74) is 4.96. The molecule has 0 saturated carbocycles. The highest BCUT2D eigenvalue weighted by Gasteiger charge is 2.24. The van der Waals surface area contributed by atoms with Crippen LogP contribution in [-0.2, 0) is 10.0 Å². The fourth-order valence-corrected chi connectivity index (χ4v) is 3.22. The van der Waals surface area contributed by atoms with Crippen LogP contribution in [0.3, 0.4) is 0 Å². The highest BCUT2D eigenvalue weighted by molar-refractivity contribution is 7.89. The van der Waals surface area contributed by atoms with E-state index in [2.05, 4.69) is 4.72 Å². The third kappa shape index (κ3) is 6.34. The Balaban J connectivity index is 4.35. The summed E-state index contributed by atoms with van der Waals surface area (Å²) < 4.78 is 25.8. The lowest BCUT2D eigenvalue weighted by molar-refractivity contribution is 0.426. The lowest BCUT2D eigenvalue weighted by Gasteiger charge is -2.25. The van der Waals surface area contributed by atoms with Crippen LogP contribution in [0.5, 0.6) is 0 Å². The number of sulfonamides is 1. The highest BCUT2D eigenvalue weighted by atomic mass is 32.2. The van der Waals surface area contributed by atoms with Gasteiger partial charge in [0.2, 0.25) is 10.0 Å². The Kier molecular flexibility index (Phi) is 5.05. The van der Waals surface area contributed by atoms with Crippen molar-refractivity contribution >= 4 is 10.0 Å². The van der Waals surface area contributed by atoms with Gasteiger partial charge < -0.3 is 5.73 Å². The van der Waals surface area contributed by atoms with Crippen LogP contribution in [0.2, 0.25) is 0 Å². The second-order valence-corrected chi connectivity index (χ2v) is 6.47. The summed E-state index contributed by atoms with van der Waals surface area (Å²) >= 11 is 0. The maximum absolute atomic E-state index is 11.6. The maximum atomic E-state index is 11.6. The van der Waals surface area contributed by atoms with Crippen molar-refractivity contribution in [3.8, 4) is 0 Å². The summed E-state index contributed by atoms with van der Waals surface area (Å²) in [5.74, 6) is 0.308. The molecule has 5 heteroatoms. The Labute approximate surface area is 87.3 Å². The van der Waals surface area contributed by atoms with E-state index in [-0.39, 0.29) is 11.7 Å². The zero-order valence-electron chi connectivity index (χ0n) is 9.50. The van der Waals surface area contributed by atoms with E-state index in [1.54, 1.807) is 0 Å². The molecule has 0 saturated heterocycles. The van der Waals surface area contributed by atoms with Gasteiger partial charge in [0.25, 0.3) is 0 Å². The second kappa shape index (κ2) is 5.09. The SMILES string of the molecule is CC(C)CS(=O)(=O)NC(C)(C)CCN. The summed E-state index contributed by atoms with van der Waals surface area (Å²) in [5, 5.41) is 0. The van der Waals surface area contributed by atoms with E-state index in [9.17, 15) is 8.42 Å². The molecule has 3 N–H and O–H groups in total. The topological polar surface area (TPSA) is 72.2 Å². The Hall–Kier alpha value is -0.130. The normalized spacial score (nSPS) is 13.6. The summed E-state index contributed by atoms with van der Waals surface area (Å²) in [7, 11) is -3.17. The third-order valence-corrected chi connectivity index (χ3v) is 3.72. The van der Waals surface area contributed by atoms with Crippen molar-refractivity contribution in [2.45, 2.75) is 39.7 Å². The number of nitrogens with two attached hydrogens (primary N) is 1. The van der Waals surface area contributed by atoms with Gasteiger partial charge in [-0.15, -0.1) is 0 Å². The molecule has 0 aromatic rings. The summed E-state index contributed by atoms with van der Waals surface area (Å²) in [6.45, 7) is 7.94. The van der Waals surface area contributed by atoms with Gasteiger partial charge in [0.1, 0.15) is 0 Å². The first-order valence-electron chi connectivity index (χ1n) is 4.90. The molecule has 0 amide bonds. The quantitative estimate of drug-likeness (QED) is 0.694. The van der Waals surface area contributed by atoms with E-state index in [4.69, 9.17) is 5.73 Å². The molecule has 0 atom stereocenters. The first kappa shape index (κ1) is 13.9. The van der Waals surface area contributed by atoms with Crippen molar-refractivity contribution in [1.82, 2.24) is 4.72 Å². The van der Waals surface area contributed by atoms with Crippen LogP contribution in [-0.4, -0.2) is 26.3 Å². The molecule has 0 spiro atoms. The van der Waals surface area contributed by atoms with Crippen LogP contribution in [0.4, 0.5) is 0 Å². The average molecular weight is 222 g/mol. The molecule has 0 bridgehead atoms. The van der Waals surface area contributed by atoms with E-state index >= 15 is 0 Å². The van der Waals surface area contributed by atoms with Crippen LogP contribution >= 0.6 is 0 Å². The molecule has 14 heavy (non-hydrogen) atoms. The molecule has 0 heterocycles. The summed E-state index contributed by atoms with van der Waals surface area (Å²) in [6, 6.07) is 0. The van der Waals surface area contributed by atoms with Gasteiger partial charge >= 0.3 is 0 Å². The minimum absolute atomic E-state index is 0.140.